The minimum absolute atomic E-state index is 0. The van der Waals surface area contributed by atoms with Gasteiger partial charge in [0.05, 0.1) is 37.4 Å². The predicted molar refractivity (Wildman–Crippen MR) is 136 cm³/mol. The van der Waals surface area contributed by atoms with Gasteiger partial charge < -0.3 is 29.7 Å². The molecule has 1 aliphatic rings. The normalized spacial score (nSPS) is 13.4. The molecule has 0 spiro atoms. The number of alkyl halides is 2. The number of oxazole rings is 1. The van der Waals surface area contributed by atoms with Gasteiger partial charge in [0.25, 0.3) is 5.91 Å². The molecular formula is C26H27ClF3N3O6. The minimum Gasteiger partial charge on any atom is -0.489 e. The number of rotatable bonds is 11. The molecule has 2 aromatic carbocycles. The number of hydrogen-bond donors (Lipinski definition) is 2. The van der Waals surface area contributed by atoms with Crippen LogP contribution >= 0.6 is 12.4 Å². The molecule has 1 saturated carbocycles. The van der Waals surface area contributed by atoms with Crippen LogP contribution in [0, 0.1) is 11.7 Å². The summed E-state index contributed by atoms with van der Waals surface area (Å²) in [6.45, 7) is -1.17. The molecule has 0 radical (unpaired) electrons. The van der Waals surface area contributed by atoms with Crippen LogP contribution in [0.25, 0.3) is 11.5 Å². The van der Waals surface area contributed by atoms with Gasteiger partial charge in [-0.15, -0.1) is 12.4 Å². The maximum Gasteiger partial charge on any atom is 0.387 e. The van der Waals surface area contributed by atoms with Crippen molar-refractivity contribution in [3.8, 4) is 23.0 Å². The molecule has 1 heterocycles. The Kier molecular flexibility index (Phi) is 9.81. The third-order valence-corrected chi connectivity index (χ3v) is 5.78. The summed E-state index contributed by atoms with van der Waals surface area (Å²) in [6.07, 6.45) is 2.02. The average molecular weight is 570 g/mol. The molecule has 1 atom stereocenters. The van der Waals surface area contributed by atoms with E-state index in [4.69, 9.17) is 14.9 Å². The SMILES string of the molecule is COC(=O)c1cccc(C(=O)NCc2nc(-c3ccc(OC(F)F)c(OCC4CC4)c3)oc2C(C)N)c1F.Cl. The largest absolute Gasteiger partial charge is 0.489 e. The molecular weight excluding hydrogens is 543 g/mol. The number of nitrogens with zero attached hydrogens (tertiary/aromatic N) is 1. The zero-order chi connectivity index (χ0) is 27.4. The summed E-state index contributed by atoms with van der Waals surface area (Å²) in [6, 6.07) is 7.46. The van der Waals surface area contributed by atoms with E-state index in [0.717, 1.165) is 20.0 Å². The number of esters is 1. The van der Waals surface area contributed by atoms with Gasteiger partial charge in [0.1, 0.15) is 17.3 Å². The van der Waals surface area contributed by atoms with Crippen LogP contribution in [0.4, 0.5) is 13.2 Å². The summed E-state index contributed by atoms with van der Waals surface area (Å²) in [7, 11) is 1.10. The molecule has 210 valence electrons. The monoisotopic (exact) mass is 569 g/mol. The predicted octanol–water partition coefficient (Wildman–Crippen LogP) is 5.03. The van der Waals surface area contributed by atoms with Crippen molar-refractivity contribution in [2.24, 2.45) is 11.7 Å². The van der Waals surface area contributed by atoms with Crippen LogP contribution in [0.1, 0.15) is 58.0 Å². The van der Waals surface area contributed by atoms with Crippen LogP contribution in [0.3, 0.4) is 0 Å². The van der Waals surface area contributed by atoms with Crippen molar-refractivity contribution in [3.05, 3.63) is 64.8 Å². The second-order valence-corrected chi connectivity index (χ2v) is 8.75. The molecule has 0 bridgehead atoms. The summed E-state index contributed by atoms with van der Waals surface area (Å²) in [5, 5.41) is 2.54. The number of carbonyl (C=O) groups excluding carboxylic acids is 2. The fraction of sp³-hybridized carbons (Fsp3) is 0.346. The van der Waals surface area contributed by atoms with E-state index in [-0.39, 0.29) is 58.9 Å². The summed E-state index contributed by atoms with van der Waals surface area (Å²) in [5.74, 6) is -1.98. The van der Waals surface area contributed by atoms with Crippen molar-refractivity contribution in [2.75, 3.05) is 13.7 Å². The summed E-state index contributed by atoms with van der Waals surface area (Å²) < 4.78 is 61.0. The van der Waals surface area contributed by atoms with E-state index in [1.165, 1.54) is 36.4 Å². The molecule has 3 N–H and O–H groups in total. The van der Waals surface area contributed by atoms with Gasteiger partial charge in [-0.3, -0.25) is 4.79 Å². The number of amides is 1. The number of carbonyl (C=O) groups is 2. The second-order valence-electron chi connectivity index (χ2n) is 8.75. The van der Waals surface area contributed by atoms with E-state index in [0.29, 0.717) is 18.1 Å². The molecule has 1 aromatic heterocycles. The first-order chi connectivity index (χ1) is 18.2. The van der Waals surface area contributed by atoms with Gasteiger partial charge in [-0.1, -0.05) is 6.07 Å². The van der Waals surface area contributed by atoms with E-state index in [1.54, 1.807) is 6.92 Å². The molecule has 1 unspecified atom stereocenters. The Hall–Kier alpha value is -3.77. The smallest absolute Gasteiger partial charge is 0.387 e. The number of ether oxygens (including phenoxy) is 3. The van der Waals surface area contributed by atoms with Crippen LogP contribution in [0.5, 0.6) is 11.5 Å². The van der Waals surface area contributed by atoms with E-state index >= 15 is 0 Å². The fourth-order valence-corrected chi connectivity index (χ4v) is 3.64. The molecule has 1 amide bonds. The lowest BCUT2D eigenvalue weighted by Gasteiger charge is -2.12. The third kappa shape index (κ3) is 7.21. The number of hydrogen-bond acceptors (Lipinski definition) is 8. The molecule has 0 saturated heterocycles. The second kappa shape index (κ2) is 12.9. The van der Waals surface area contributed by atoms with Crippen molar-refractivity contribution in [3.63, 3.8) is 0 Å². The Bertz CT molecular complexity index is 1330. The van der Waals surface area contributed by atoms with Crippen molar-refractivity contribution in [1.29, 1.82) is 0 Å². The molecule has 0 aliphatic heterocycles. The summed E-state index contributed by atoms with van der Waals surface area (Å²) in [4.78, 5) is 28.8. The Morgan fingerprint density at radius 3 is 2.54 bits per heavy atom. The molecule has 4 rings (SSSR count). The number of halogens is 4. The average Bonchev–Trinajstić information content (AvgIpc) is 3.62. The van der Waals surface area contributed by atoms with Gasteiger partial charge in [-0.2, -0.15) is 8.78 Å². The highest BCUT2D eigenvalue weighted by atomic mass is 35.5. The highest BCUT2D eigenvalue weighted by Gasteiger charge is 2.25. The molecule has 13 heteroatoms. The Morgan fingerprint density at radius 2 is 1.90 bits per heavy atom. The lowest BCUT2D eigenvalue weighted by Crippen LogP contribution is -2.25. The first kappa shape index (κ1) is 29.8. The van der Waals surface area contributed by atoms with Crippen LogP contribution in [0.15, 0.2) is 40.8 Å². The zero-order valence-corrected chi connectivity index (χ0v) is 21.9. The van der Waals surface area contributed by atoms with Crippen LogP contribution in [-0.4, -0.2) is 37.2 Å². The van der Waals surface area contributed by atoms with Gasteiger partial charge in [0.15, 0.2) is 11.5 Å². The lowest BCUT2D eigenvalue weighted by molar-refractivity contribution is -0.0515. The van der Waals surface area contributed by atoms with E-state index in [2.05, 4.69) is 19.8 Å². The highest BCUT2D eigenvalue weighted by Crippen LogP contribution is 2.37. The molecule has 3 aromatic rings. The molecule has 1 aliphatic carbocycles. The van der Waals surface area contributed by atoms with Gasteiger partial charge in [-0.05, 0) is 56.0 Å². The number of methoxy groups -OCH3 is 1. The van der Waals surface area contributed by atoms with E-state index in [1.807, 2.05) is 0 Å². The fourth-order valence-electron chi connectivity index (χ4n) is 3.64. The van der Waals surface area contributed by atoms with E-state index < -0.39 is 30.3 Å². The van der Waals surface area contributed by atoms with Crippen LogP contribution < -0.4 is 20.5 Å². The molecule has 1 fully saturated rings. The maximum atomic E-state index is 14.7. The van der Waals surface area contributed by atoms with Crippen molar-refractivity contribution >= 4 is 24.3 Å². The number of benzene rings is 2. The first-order valence-electron chi connectivity index (χ1n) is 11.8. The van der Waals surface area contributed by atoms with E-state index in [9.17, 15) is 22.8 Å². The highest BCUT2D eigenvalue weighted by molar-refractivity contribution is 5.98. The van der Waals surface area contributed by atoms with Crippen molar-refractivity contribution in [2.45, 2.75) is 39.0 Å². The number of aromatic nitrogens is 1. The first-order valence-corrected chi connectivity index (χ1v) is 11.8. The third-order valence-electron chi connectivity index (χ3n) is 5.78. The summed E-state index contributed by atoms with van der Waals surface area (Å²) in [5.41, 5.74) is 5.99. The quantitative estimate of drug-likeness (QED) is 0.308. The topological polar surface area (TPSA) is 126 Å². The van der Waals surface area contributed by atoms with Gasteiger partial charge >= 0.3 is 12.6 Å². The summed E-state index contributed by atoms with van der Waals surface area (Å²) >= 11 is 0. The van der Waals surface area contributed by atoms with Crippen molar-refractivity contribution in [1.82, 2.24) is 10.3 Å². The number of nitrogens with one attached hydrogen (secondary N) is 1. The Morgan fingerprint density at radius 1 is 1.18 bits per heavy atom. The zero-order valence-electron chi connectivity index (χ0n) is 21.0. The lowest BCUT2D eigenvalue weighted by atomic mass is 10.1. The van der Waals surface area contributed by atoms with Gasteiger partial charge in [0.2, 0.25) is 5.89 Å². The molecule has 9 nitrogen and oxygen atoms in total. The maximum absolute atomic E-state index is 14.7. The van der Waals surface area contributed by atoms with Crippen molar-refractivity contribution < 1.29 is 41.4 Å². The standard InChI is InChI=1S/C26H26F3N3O6.ClH/c1-13(30)22-18(11-31-23(33)16-4-3-5-17(21(16)27)25(34)35-2)32-24(38-22)15-8-9-19(37-26(28)29)20(10-15)36-12-14-6-7-14;/h3-5,8-10,13-14,26H,6-7,11-12,30H2,1-2H3,(H,31,33);1H. The van der Waals surface area contributed by atoms with Crippen LogP contribution in [0.2, 0.25) is 0 Å². The minimum atomic E-state index is -3.02. The molecule has 39 heavy (non-hydrogen) atoms. The van der Waals surface area contributed by atoms with Gasteiger partial charge in [-0.25, -0.2) is 14.2 Å². The number of nitrogens with two attached hydrogens (primary N) is 1. The Labute approximate surface area is 228 Å². The Balaban J connectivity index is 0.00000420. The van der Waals surface area contributed by atoms with Gasteiger partial charge in [0, 0.05) is 5.56 Å². The van der Waals surface area contributed by atoms with Crippen LogP contribution in [-0.2, 0) is 11.3 Å².